The Labute approximate surface area is 141 Å². The van der Waals surface area contributed by atoms with Crippen LogP contribution in [0.3, 0.4) is 0 Å². The Balaban J connectivity index is 0.00000192. The Morgan fingerprint density at radius 3 is 2.96 bits per heavy atom. The van der Waals surface area contributed by atoms with Gasteiger partial charge in [0.2, 0.25) is 0 Å². The summed E-state index contributed by atoms with van der Waals surface area (Å²) in [7, 11) is 0. The second-order valence-corrected chi connectivity index (χ2v) is 5.97. The van der Waals surface area contributed by atoms with Gasteiger partial charge in [-0.05, 0) is 44.4 Å². The van der Waals surface area contributed by atoms with Crippen molar-refractivity contribution < 1.29 is 14.3 Å². The molecule has 3 N–H and O–H groups in total. The lowest BCUT2D eigenvalue weighted by atomic mass is 9.96. The Morgan fingerprint density at radius 2 is 2.22 bits per heavy atom. The van der Waals surface area contributed by atoms with Crippen molar-refractivity contribution in [3.8, 4) is 5.75 Å². The van der Waals surface area contributed by atoms with Gasteiger partial charge in [0, 0.05) is 24.2 Å². The topological polar surface area (TPSA) is 84.7 Å². The van der Waals surface area contributed by atoms with E-state index in [1.807, 2.05) is 11.8 Å². The number of nitrogens with zero attached hydrogens (tertiary/aromatic N) is 1. The highest BCUT2D eigenvalue weighted by Crippen LogP contribution is 2.30. The van der Waals surface area contributed by atoms with Crippen molar-refractivity contribution >= 4 is 29.9 Å². The molecule has 0 saturated carbocycles. The molecule has 126 valence electrons. The first-order valence-electron chi connectivity index (χ1n) is 7.69. The number of hydrogen-bond acceptors (Lipinski definition) is 4. The zero-order valence-corrected chi connectivity index (χ0v) is 13.9. The van der Waals surface area contributed by atoms with Gasteiger partial charge in [0.25, 0.3) is 11.8 Å². The van der Waals surface area contributed by atoms with Gasteiger partial charge in [-0.3, -0.25) is 9.59 Å². The van der Waals surface area contributed by atoms with Gasteiger partial charge in [-0.25, -0.2) is 0 Å². The molecule has 2 unspecified atom stereocenters. The zero-order valence-electron chi connectivity index (χ0n) is 13.1. The lowest BCUT2D eigenvalue weighted by molar-refractivity contribution is -0.118. The predicted molar refractivity (Wildman–Crippen MR) is 90.1 cm³/mol. The monoisotopic (exact) mass is 339 g/mol. The molecule has 0 spiro atoms. The fourth-order valence-corrected chi connectivity index (χ4v) is 3.14. The van der Waals surface area contributed by atoms with Crippen LogP contribution in [0.5, 0.6) is 5.75 Å². The molecule has 0 aliphatic carbocycles. The molecular formula is C16H22ClN3O3. The number of ether oxygens (including phenoxy) is 1. The van der Waals surface area contributed by atoms with Crippen LogP contribution in [-0.2, 0) is 4.79 Å². The number of likely N-dealkylation sites (tertiary alicyclic amines) is 1. The van der Waals surface area contributed by atoms with Gasteiger partial charge in [0.1, 0.15) is 5.75 Å². The largest absolute Gasteiger partial charge is 0.482 e. The summed E-state index contributed by atoms with van der Waals surface area (Å²) in [4.78, 5) is 26.1. The number of nitrogens with one attached hydrogen (secondary N) is 1. The summed E-state index contributed by atoms with van der Waals surface area (Å²) < 4.78 is 5.32. The van der Waals surface area contributed by atoms with Crippen molar-refractivity contribution in [1.82, 2.24) is 4.90 Å². The third kappa shape index (κ3) is 3.59. The molecule has 0 bridgehead atoms. The zero-order chi connectivity index (χ0) is 15.7. The van der Waals surface area contributed by atoms with E-state index in [-0.39, 0.29) is 42.9 Å². The van der Waals surface area contributed by atoms with E-state index in [4.69, 9.17) is 10.5 Å². The van der Waals surface area contributed by atoms with Gasteiger partial charge >= 0.3 is 0 Å². The summed E-state index contributed by atoms with van der Waals surface area (Å²) >= 11 is 0. The maximum Gasteiger partial charge on any atom is 0.262 e. The van der Waals surface area contributed by atoms with Crippen molar-refractivity contribution in [3.05, 3.63) is 23.8 Å². The first-order chi connectivity index (χ1) is 10.6. The highest BCUT2D eigenvalue weighted by molar-refractivity contribution is 6.00. The van der Waals surface area contributed by atoms with E-state index < -0.39 is 0 Å². The third-order valence-corrected chi connectivity index (χ3v) is 4.28. The molecule has 0 radical (unpaired) electrons. The van der Waals surface area contributed by atoms with Crippen LogP contribution in [0.4, 0.5) is 5.69 Å². The minimum Gasteiger partial charge on any atom is -0.482 e. The van der Waals surface area contributed by atoms with Crippen LogP contribution in [0.25, 0.3) is 0 Å². The van der Waals surface area contributed by atoms with Crippen LogP contribution >= 0.6 is 12.4 Å². The smallest absolute Gasteiger partial charge is 0.262 e. The van der Waals surface area contributed by atoms with Gasteiger partial charge in [-0.15, -0.1) is 12.4 Å². The first-order valence-corrected chi connectivity index (χ1v) is 7.69. The van der Waals surface area contributed by atoms with Gasteiger partial charge in [-0.1, -0.05) is 0 Å². The molecule has 1 saturated heterocycles. The number of fused-ring (bicyclic) bond motifs is 1. The Morgan fingerprint density at radius 1 is 1.43 bits per heavy atom. The van der Waals surface area contributed by atoms with E-state index in [9.17, 15) is 9.59 Å². The number of halogens is 1. The number of hydrogen-bond donors (Lipinski definition) is 2. The van der Waals surface area contributed by atoms with Gasteiger partial charge in [0.05, 0.1) is 5.69 Å². The minimum absolute atomic E-state index is 0. The van der Waals surface area contributed by atoms with E-state index in [0.717, 1.165) is 25.8 Å². The Kier molecular flexibility index (Phi) is 5.49. The number of nitrogens with two attached hydrogens (primary N) is 1. The average molecular weight is 340 g/mol. The molecule has 2 amide bonds. The standard InChI is InChI=1S/C16H21N3O3.ClH/c1-10(17)13-4-2-3-7-19(13)16(21)11-5-6-14-12(8-11)18-15(20)9-22-14;/h5-6,8,10,13H,2-4,7,9,17H2,1H3,(H,18,20);1H. The number of carbonyl (C=O) groups excluding carboxylic acids is 2. The van der Waals surface area contributed by atoms with Crippen molar-refractivity contribution in [2.45, 2.75) is 38.3 Å². The molecular weight excluding hydrogens is 318 g/mol. The predicted octanol–water partition coefficient (Wildman–Crippen LogP) is 1.78. The quantitative estimate of drug-likeness (QED) is 0.860. The van der Waals surface area contributed by atoms with Crippen molar-refractivity contribution in [2.75, 3.05) is 18.5 Å². The number of piperidine rings is 1. The molecule has 2 aliphatic rings. The molecule has 2 heterocycles. The minimum atomic E-state index is -0.205. The van der Waals surface area contributed by atoms with Crippen molar-refractivity contribution in [3.63, 3.8) is 0 Å². The van der Waals surface area contributed by atoms with Crippen LogP contribution in [0, 0.1) is 0 Å². The van der Waals surface area contributed by atoms with Crippen molar-refractivity contribution in [1.29, 1.82) is 0 Å². The fraction of sp³-hybridized carbons (Fsp3) is 0.500. The number of rotatable bonds is 2. The summed E-state index contributed by atoms with van der Waals surface area (Å²) in [6.45, 7) is 2.68. The maximum atomic E-state index is 12.8. The van der Waals surface area contributed by atoms with Crippen molar-refractivity contribution in [2.24, 2.45) is 5.73 Å². The third-order valence-electron chi connectivity index (χ3n) is 4.28. The molecule has 1 aromatic rings. The van der Waals surface area contributed by atoms with E-state index in [0.29, 0.717) is 17.0 Å². The molecule has 3 rings (SSSR count). The van der Waals surface area contributed by atoms with E-state index >= 15 is 0 Å². The van der Waals surface area contributed by atoms with Crippen LogP contribution in [0.2, 0.25) is 0 Å². The molecule has 2 atom stereocenters. The molecule has 7 heteroatoms. The number of carbonyl (C=O) groups is 2. The maximum absolute atomic E-state index is 12.8. The summed E-state index contributed by atoms with van der Waals surface area (Å²) in [6.07, 6.45) is 3.04. The van der Waals surface area contributed by atoms with Gasteiger partial charge in [0.15, 0.2) is 6.61 Å². The Bertz CT molecular complexity index is 606. The number of anilines is 1. The van der Waals surface area contributed by atoms with E-state index in [1.54, 1.807) is 18.2 Å². The molecule has 1 fully saturated rings. The molecule has 1 aromatic carbocycles. The molecule has 23 heavy (non-hydrogen) atoms. The van der Waals surface area contributed by atoms with Crippen LogP contribution in [0.15, 0.2) is 18.2 Å². The lowest BCUT2D eigenvalue weighted by Gasteiger charge is -2.38. The molecule has 0 aromatic heterocycles. The van der Waals surface area contributed by atoms with Crippen LogP contribution in [-0.4, -0.2) is 41.9 Å². The van der Waals surface area contributed by atoms with Gasteiger partial charge in [-0.2, -0.15) is 0 Å². The fourth-order valence-electron chi connectivity index (χ4n) is 3.14. The number of benzene rings is 1. The average Bonchev–Trinajstić information content (AvgIpc) is 2.53. The van der Waals surface area contributed by atoms with E-state index in [2.05, 4.69) is 5.32 Å². The summed E-state index contributed by atoms with van der Waals surface area (Å²) in [5.41, 5.74) is 7.14. The highest BCUT2D eigenvalue weighted by Gasteiger charge is 2.30. The first kappa shape index (κ1) is 17.6. The summed E-state index contributed by atoms with van der Waals surface area (Å²) in [5.74, 6) is 0.353. The van der Waals surface area contributed by atoms with E-state index in [1.165, 1.54) is 0 Å². The lowest BCUT2D eigenvalue weighted by Crippen LogP contribution is -2.51. The molecule has 2 aliphatic heterocycles. The number of amides is 2. The summed E-state index contributed by atoms with van der Waals surface area (Å²) in [6, 6.07) is 5.17. The summed E-state index contributed by atoms with van der Waals surface area (Å²) in [5, 5.41) is 2.73. The van der Waals surface area contributed by atoms with Gasteiger partial charge < -0.3 is 20.7 Å². The highest BCUT2D eigenvalue weighted by atomic mass is 35.5. The normalized spacial score (nSPS) is 21.4. The molecule has 6 nitrogen and oxygen atoms in total. The second kappa shape index (κ2) is 7.19. The van der Waals surface area contributed by atoms with Crippen LogP contribution in [0.1, 0.15) is 36.5 Å². The second-order valence-electron chi connectivity index (χ2n) is 5.97. The van der Waals surface area contributed by atoms with Crippen LogP contribution < -0.4 is 15.8 Å². The Hall–Kier alpha value is -1.79. The SMILES string of the molecule is CC(N)C1CCCCN1C(=O)c1ccc2c(c1)NC(=O)CO2.Cl.